The maximum absolute atomic E-state index is 12.5. The fraction of sp³-hybridized carbons (Fsp3) is 0.375. The molecule has 0 aliphatic heterocycles. The molecule has 1 N–H and O–H groups in total. The predicted molar refractivity (Wildman–Crippen MR) is 92.0 cm³/mol. The van der Waals surface area contributed by atoms with Crippen molar-refractivity contribution in [2.75, 3.05) is 12.4 Å². The molecule has 0 radical (unpaired) electrons. The van der Waals surface area contributed by atoms with E-state index in [4.69, 9.17) is 4.74 Å². The summed E-state index contributed by atoms with van der Waals surface area (Å²) in [5, 5.41) is 3.60. The molecular formula is C16H17BrN2O2S. The first kappa shape index (κ1) is 15.5. The van der Waals surface area contributed by atoms with Crippen LogP contribution < -0.4 is 10.1 Å². The van der Waals surface area contributed by atoms with Crippen LogP contribution in [0.3, 0.4) is 0 Å². The molecular weight excluding hydrogens is 364 g/mol. The van der Waals surface area contributed by atoms with Gasteiger partial charge in [-0.3, -0.25) is 10.1 Å². The largest absolute Gasteiger partial charge is 0.497 e. The third-order valence-corrected chi connectivity index (χ3v) is 5.50. The van der Waals surface area contributed by atoms with Gasteiger partial charge >= 0.3 is 0 Å². The lowest BCUT2D eigenvalue weighted by atomic mass is 10.2. The Labute approximate surface area is 142 Å². The Hall–Kier alpha value is -1.40. The molecule has 0 bridgehead atoms. The molecule has 22 heavy (non-hydrogen) atoms. The number of aryl methyl sites for hydroxylation is 2. The number of anilines is 1. The van der Waals surface area contributed by atoms with Crippen LogP contribution >= 0.6 is 27.3 Å². The molecule has 0 saturated carbocycles. The summed E-state index contributed by atoms with van der Waals surface area (Å²) in [6.07, 6.45) is 5.76. The van der Waals surface area contributed by atoms with Crippen LogP contribution in [0.1, 0.15) is 40.2 Å². The number of aromatic nitrogens is 1. The zero-order valence-electron chi connectivity index (χ0n) is 12.3. The average molecular weight is 381 g/mol. The van der Waals surface area contributed by atoms with Crippen LogP contribution in [-0.2, 0) is 12.8 Å². The molecule has 0 atom stereocenters. The van der Waals surface area contributed by atoms with Gasteiger partial charge < -0.3 is 4.74 Å². The number of hydrogen-bond donors (Lipinski definition) is 1. The number of carbonyl (C=O) groups excluding carboxylic acids is 1. The molecule has 1 heterocycles. The van der Waals surface area contributed by atoms with Crippen molar-refractivity contribution in [3.63, 3.8) is 0 Å². The van der Waals surface area contributed by atoms with Gasteiger partial charge in [0.05, 0.1) is 18.4 Å². The van der Waals surface area contributed by atoms with Gasteiger partial charge in [-0.05, 0) is 59.8 Å². The van der Waals surface area contributed by atoms with Crippen molar-refractivity contribution >= 4 is 38.3 Å². The van der Waals surface area contributed by atoms with Crippen LogP contribution in [0.25, 0.3) is 0 Å². The Balaban J connectivity index is 1.80. The van der Waals surface area contributed by atoms with E-state index in [2.05, 4.69) is 26.2 Å². The number of fused-ring (bicyclic) bond motifs is 1. The smallest absolute Gasteiger partial charge is 0.258 e. The minimum absolute atomic E-state index is 0.172. The number of carbonyl (C=O) groups is 1. The Morgan fingerprint density at radius 2 is 2.14 bits per heavy atom. The number of benzene rings is 1. The number of thiazole rings is 1. The molecule has 4 nitrogen and oxygen atoms in total. The zero-order chi connectivity index (χ0) is 15.5. The second-order valence-electron chi connectivity index (χ2n) is 5.25. The Morgan fingerprint density at radius 1 is 1.32 bits per heavy atom. The topological polar surface area (TPSA) is 51.2 Å². The van der Waals surface area contributed by atoms with Crippen LogP contribution in [0.5, 0.6) is 5.75 Å². The van der Waals surface area contributed by atoms with E-state index in [1.165, 1.54) is 24.1 Å². The standard InChI is InChI=1S/C16H17BrN2O2S/c1-21-10-7-8-12(17)11(9-10)15(20)19-16-18-13-5-3-2-4-6-14(13)22-16/h7-9H,2-6H2,1H3,(H,18,19,20). The van der Waals surface area contributed by atoms with E-state index in [0.717, 1.165) is 23.0 Å². The number of rotatable bonds is 3. The summed E-state index contributed by atoms with van der Waals surface area (Å²) < 4.78 is 5.92. The van der Waals surface area contributed by atoms with E-state index < -0.39 is 0 Å². The zero-order valence-corrected chi connectivity index (χ0v) is 14.7. The van der Waals surface area contributed by atoms with Gasteiger partial charge in [-0.25, -0.2) is 4.98 Å². The van der Waals surface area contributed by atoms with Gasteiger partial charge in [0.1, 0.15) is 5.75 Å². The number of hydrogen-bond acceptors (Lipinski definition) is 4. The molecule has 1 amide bonds. The highest BCUT2D eigenvalue weighted by molar-refractivity contribution is 9.10. The third-order valence-electron chi connectivity index (χ3n) is 3.73. The maximum Gasteiger partial charge on any atom is 0.258 e. The van der Waals surface area contributed by atoms with Crippen LogP contribution in [0.4, 0.5) is 5.13 Å². The molecule has 1 aromatic heterocycles. The van der Waals surface area contributed by atoms with Gasteiger partial charge in [0.25, 0.3) is 5.91 Å². The molecule has 1 aliphatic rings. The van der Waals surface area contributed by atoms with E-state index in [1.54, 1.807) is 24.5 Å². The van der Waals surface area contributed by atoms with E-state index in [-0.39, 0.29) is 5.91 Å². The molecule has 0 unspecified atom stereocenters. The Morgan fingerprint density at radius 3 is 2.95 bits per heavy atom. The van der Waals surface area contributed by atoms with Gasteiger partial charge in [-0.2, -0.15) is 0 Å². The summed E-state index contributed by atoms with van der Waals surface area (Å²) in [7, 11) is 1.59. The summed E-state index contributed by atoms with van der Waals surface area (Å²) in [5.41, 5.74) is 1.70. The number of halogens is 1. The molecule has 0 fully saturated rings. The monoisotopic (exact) mass is 380 g/mol. The quantitative estimate of drug-likeness (QED) is 0.800. The average Bonchev–Trinajstić information content (AvgIpc) is 2.76. The number of amides is 1. The third kappa shape index (κ3) is 3.33. The Bertz CT molecular complexity index is 676. The van der Waals surface area contributed by atoms with Crippen molar-refractivity contribution in [1.82, 2.24) is 4.98 Å². The Kier molecular flexibility index (Phi) is 4.78. The van der Waals surface area contributed by atoms with Crippen molar-refractivity contribution in [1.29, 1.82) is 0 Å². The lowest BCUT2D eigenvalue weighted by Crippen LogP contribution is -2.12. The van der Waals surface area contributed by atoms with Crippen LogP contribution in [-0.4, -0.2) is 18.0 Å². The lowest BCUT2D eigenvalue weighted by molar-refractivity contribution is 0.102. The fourth-order valence-electron chi connectivity index (χ4n) is 2.55. The fourth-order valence-corrected chi connectivity index (χ4v) is 4.02. The molecule has 116 valence electrons. The molecule has 1 aromatic carbocycles. The second kappa shape index (κ2) is 6.79. The highest BCUT2D eigenvalue weighted by Crippen LogP contribution is 2.30. The van der Waals surface area contributed by atoms with Gasteiger partial charge in [0.15, 0.2) is 5.13 Å². The van der Waals surface area contributed by atoms with Crippen molar-refractivity contribution in [3.05, 3.63) is 38.8 Å². The van der Waals surface area contributed by atoms with Crippen molar-refractivity contribution in [2.45, 2.75) is 32.1 Å². The van der Waals surface area contributed by atoms with Crippen LogP contribution in [0.2, 0.25) is 0 Å². The normalized spacial score (nSPS) is 14.1. The number of nitrogens with zero attached hydrogens (tertiary/aromatic N) is 1. The first-order valence-electron chi connectivity index (χ1n) is 7.31. The first-order chi connectivity index (χ1) is 10.7. The van der Waals surface area contributed by atoms with E-state index in [1.807, 2.05) is 12.1 Å². The number of nitrogens with one attached hydrogen (secondary N) is 1. The molecule has 2 aromatic rings. The lowest BCUT2D eigenvalue weighted by Gasteiger charge is -2.06. The second-order valence-corrected chi connectivity index (χ2v) is 7.19. The van der Waals surface area contributed by atoms with E-state index >= 15 is 0 Å². The molecule has 1 aliphatic carbocycles. The van der Waals surface area contributed by atoms with Gasteiger partial charge in [-0.15, -0.1) is 11.3 Å². The van der Waals surface area contributed by atoms with E-state index in [0.29, 0.717) is 16.4 Å². The molecule has 0 saturated heterocycles. The minimum atomic E-state index is -0.172. The van der Waals surface area contributed by atoms with Crippen molar-refractivity contribution < 1.29 is 9.53 Å². The van der Waals surface area contributed by atoms with Gasteiger partial charge in [0.2, 0.25) is 0 Å². The van der Waals surface area contributed by atoms with Crippen molar-refractivity contribution in [2.24, 2.45) is 0 Å². The minimum Gasteiger partial charge on any atom is -0.497 e. The van der Waals surface area contributed by atoms with Gasteiger partial charge in [-0.1, -0.05) is 6.42 Å². The predicted octanol–water partition coefficient (Wildman–Crippen LogP) is 4.44. The molecule has 3 rings (SSSR count). The number of ether oxygens (including phenoxy) is 1. The summed E-state index contributed by atoms with van der Waals surface area (Å²) in [6.45, 7) is 0. The SMILES string of the molecule is COc1ccc(Br)c(C(=O)Nc2nc3c(s2)CCCCC3)c1. The summed E-state index contributed by atoms with van der Waals surface area (Å²) in [5.74, 6) is 0.484. The highest BCUT2D eigenvalue weighted by atomic mass is 79.9. The van der Waals surface area contributed by atoms with E-state index in [9.17, 15) is 4.79 Å². The summed E-state index contributed by atoms with van der Waals surface area (Å²) in [4.78, 5) is 18.4. The molecule has 0 spiro atoms. The molecule has 6 heteroatoms. The first-order valence-corrected chi connectivity index (χ1v) is 8.92. The highest BCUT2D eigenvalue weighted by Gasteiger charge is 2.17. The van der Waals surface area contributed by atoms with Gasteiger partial charge in [0, 0.05) is 9.35 Å². The maximum atomic E-state index is 12.5. The van der Waals surface area contributed by atoms with Crippen LogP contribution in [0, 0.1) is 0 Å². The van der Waals surface area contributed by atoms with Crippen molar-refractivity contribution in [3.8, 4) is 5.75 Å². The van der Waals surface area contributed by atoms with Crippen LogP contribution in [0.15, 0.2) is 22.7 Å². The number of methoxy groups -OCH3 is 1. The summed E-state index contributed by atoms with van der Waals surface area (Å²) in [6, 6.07) is 5.34. The summed E-state index contributed by atoms with van der Waals surface area (Å²) >= 11 is 5.01.